The zero-order valence-corrected chi connectivity index (χ0v) is 14.4. The monoisotopic (exact) mass is 327 g/mol. The van der Waals surface area contributed by atoms with Gasteiger partial charge >= 0.3 is 0 Å². The van der Waals surface area contributed by atoms with Crippen LogP contribution in [0.4, 0.5) is 0 Å². The van der Waals surface area contributed by atoms with Gasteiger partial charge in [-0.3, -0.25) is 0 Å². The quantitative estimate of drug-likeness (QED) is 0.839. The first-order valence-electron chi connectivity index (χ1n) is 7.65. The molecule has 0 amide bonds. The summed E-state index contributed by atoms with van der Waals surface area (Å²) in [5, 5.41) is 12.8. The van der Waals surface area contributed by atoms with Crippen LogP contribution in [-0.2, 0) is 12.0 Å². The molecule has 1 aromatic carbocycles. The molecule has 1 N–H and O–H groups in total. The van der Waals surface area contributed by atoms with Crippen molar-refractivity contribution in [1.82, 2.24) is 4.90 Å². The number of halogens is 2. The van der Waals surface area contributed by atoms with Crippen molar-refractivity contribution in [1.29, 1.82) is 0 Å². The molecule has 1 heterocycles. The maximum Gasteiger partial charge on any atom is 0.0996 e. The molecule has 0 radical (unpaired) electrons. The summed E-state index contributed by atoms with van der Waals surface area (Å²) < 4.78 is 0. The summed E-state index contributed by atoms with van der Waals surface area (Å²) in [5.41, 5.74) is 0.933. The average Bonchev–Trinajstić information content (AvgIpc) is 2.63. The van der Waals surface area contributed by atoms with E-state index in [1.165, 1.54) is 0 Å². The highest BCUT2D eigenvalue weighted by molar-refractivity contribution is 6.42. The molecule has 2 nitrogen and oxygen atoms in total. The Kier molecular flexibility index (Phi) is 3.81. The van der Waals surface area contributed by atoms with Crippen molar-refractivity contribution in [3.05, 3.63) is 33.3 Å². The molecule has 1 saturated heterocycles. The molecule has 1 atom stereocenters. The van der Waals surface area contributed by atoms with Crippen LogP contribution in [0.1, 0.15) is 37.8 Å². The van der Waals surface area contributed by atoms with Gasteiger partial charge in [-0.25, -0.2) is 0 Å². The zero-order valence-electron chi connectivity index (χ0n) is 12.9. The Morgan fingerprint density at radius 1 is 1.19 bits per heavy atom. The van der Waals surface area contributed by atoms with E-state index in [1.807, 2.05) is 12.1 Å². The molecule has 3 rings (SSSR count). The van der Waals surface area contributed by atoms with Gasteiger partial charge in [-0.2, -0.15) is 0 Å². The Bertz CT molecular complexity index is 564. The van der Waals surface area contributed by atoms with Crippen molar-refractivity contribution in [2.75, 3.05) is 20.1 Å². The van der Waals surface area contributed by atoms with Crippen LogP contribution in [-0.4, -0.2) is 30.1 Å². The molecule has 1 fully saturated rings. The van der Waals surface area contributed by atoms with Crippen LogP contribution < -0.4 is 0 Å². The maximum atomic E-state index is 11.7. The maximum absolute atomic E-state index is 11.7. The first kappa shape index (κ1) is 15.6. The standard InChI is InChI=1S/C17H23Cl2NO/c1-16(2)10-11-4-5-13(18)15(19)14(11)17(16,21)12-6-8-20(3)9-7-12/h4-5,12,21H,6-10H2,1-3H3. The Morgan fingerprint density at radius 2 is 1.81 bits per heavy atom. The molecule has 0 spiro atoms. The minimum absolute atomic E-state index is 0.218. The van der Waals surface area contributed by atoms with E-state index in [0.717, 1.165) is 43.5 Å². The summed E-state index contributed by atoms with van der Waals surface area (Å²) in [4.78, 5) is 2.32. The lowest BCUT2D eigenvalue weighted by molar-refractivity contribution is -0.121. The predicted molar refractivity (Wildman–Crippen MR) is 88.1 cm³/mol. The third-order valence-corrected chi connectivity index (χ3v) is 6.34. The molecule has 1 aliphatic carbocycles. The van der Waals surface area contributed by atoms with Crippen LogP contribution in [0.2, 0.25) is 10.0 Å². The summed E-state index contributed by atoms with van der Waals surface area (Å²) in [5.74, 6) is 0.237. The molecule has 0 aromatic heterocycles. The summed E-state index contributed by atoms with van der Waals surface area (Å²) in [6, 6.07) is 3.87. The highest BCUT2D eigenvalue weighted by Crippen LogP contribution is 2.58. The SMILES string of the molecule is CN1CCC(C2(O)c3c(ccc(Cl)c3Cl)CC2(C)C)CC1. The predicted octanol–water partition coefficient (Wildman–Crippen LogP) is 4.11. The fourth-order valence-electron chi connectivity index (χ4n) is 4.28. The fourth-order valence-corrected chi connectivity index (χ4v) is 4.77. The molecule has 0 saturated carbocycles. The molecule has 1 aliphatic heterocycles. The molecule has 0 bridgehead atoms. The van der Waals surface area contributed by atoms with Crippen molar-refractivity contribution in [2.45, 2.75) is 38.7 Å². The van der Waals surface area contributed by atoms with Gasteiger partial charge in [0.1, 0.15) is 0 Å². The van der Waals surface area contributed by atoms with Gasteiger partial charge in [-0.15, -0.1) is 0 Å². The summed E-state index contributed by atoms with van der Waals surface area (Å²) >= 11 is 12.7. The number of hydrogen-bond acceptors (Lipinski definition) is 2. The van der Waals surface area contributed by atoms with Crippen LogP contribution in [0.5, 0.6) is 0 Å². The second-order valence-electron chi connectivity index (χ2n) is 7.30. The number of rotatable bonds is 1. The molecule has 116 valence electrons. The smallest absolute Gasteiger partial charge is 0.0996 e. The Labute approximate surface area is 137 Å². The summed E-state index contributed by atoms with van der Waals surface area (Å²) in [6.07, 6.45) is 2.85. The van der Waals surface area contributed by atoms with E-state index in [2.05, 4.69) is 25.8 Å². The van der Waals surface area contributed by atoms with Crippen LogP contribution in [0.15, 0.2) is 12.1 Å². The lowest BCUT2D eigenvalue weighted by atomic mass is 9.65. The van der Waals surface area contributed by atoms with Crippen molar-refractivity contribution < 1.29 is 5.11 Å². The second kappa shape index (κ2) is 5.13. The number of likely N-dealkylation sites (tertiary alicyclic amines) is 1. The lowest BCUT2D eigenvalue weighted by Crippen LogP contribution is -2.49. The van der Waals surface area contributed by atoms with Crippen LogP contribution in [0.25, 0.3) is 0 Å². The summed E-state index contributed by atoms with van der Waals surface area (Å²) in [6.45, 7) is 6.35. The largest absolute Gasteiger partial charge is 0.384 e. The first-order chi connectivity index (χ1) is 9.77. The van der Waals surface area contributed by atoms with Gasteiger partial charge < -0.3 is 10.0 Å². The number of hydrogen-bond donors (Lipinski definition) is 1. The van der Waals surface area contributed by atoms with E-state index in [0.29, 0.717) is 10.0 Å². The van der Waals surface area contributed by atoms with Gasteiger partial charge in [0.15, 0.2) is 0 Å². The number of aliphatic hydroxyl groups is 1. The minimum Gasteiger partial charge on any atom is -0.384 e. The highest BCUT2D eigenvalue weighted by Gasteiger charge is 2.56. The minimum atomic E-state index is -0.883. The van der Waals surface area contributed by atoms with E-state index >= 15 is 0 Å². The second-order valence-corrected chi connectivity index (χ2v) is 8.09. The number of benzene rings is 1. The number of fused-ring (bicyclic) bond motifs is 1. The molecule has 21 heavy (non-hydrogen) atoms. The Hall–Kier alpha value is -0.280. The molecular formula is C17H23Cl2NO. The Morgan fingerprint density at radius 3 is 2.43 bits per heavy atom. The highest BCUT2D eigenvalue weighted by atomic mass is 35.5. The average molecular weight is 328 g/mol. The molecule has 1 unspecified atom stereocenters. The topological polar surface area (TPSA) is 23.5 Å². The zero-order chi connectivity index (χ0) is 15.4. The molecule has 1 aromatic rings. The molecular weight excluding hydrogens is 305 g/mol. The lowest BCUT2D eigenvalue weighted by Gasteiger charge is -2.46. The Balaban J connectivity index is 2.10. The molecule has 4 heteroatoms. The third kappa shape index (κ3) is 2.23. The van der Waals surface area contributed by atoms with E-state index in [9.17, 15) is 5.11 Å². The van der Waals surface area contributed by atoms with Crippen LogP contribution in [0.3, 0.4) is 0 Å². The first-order valence-corrected chi connectivity index (χ1v) is 8.41. The fraction of sp³-hybridized carbons (Fsp3) is 0.647. The van der Waals surface area contributed by atoms with Crippen LogP contribution in [0, 0.1) is 11.3 Å². The number of nitrogens with zero attached hydrogens (tertiary/aromatic N) is 1. The van der Waals surface area contributed by atoms with Gasteiger partial charge in [0.05, 0.1) is 15.6 Å². The normalized spacial score (nSPS) is 29.6. The van der Waals surface area contributed by atoms with Crippen molar-refractivity contribution >= 4 is 23.2 Å². The molecule has 2 aliphatic rings. The summed E-state index contributed by atoms with van der Waals surface area (Å²) in [7, 11) is 2.14. The van der Waals surface area contributed by atoms with Gasteiger partial charge in [0.2, 0.25) is 0 Å². The third-order valence-electron chi connectivity index (χ3n) is 5.54. The van der Waals surface area contributed by atoms with Crippen molar-refractivity contribution in [3.63, 3.8) is 0 Å². The van der Waals surface area contributed by atoms with Crippen molar-refractivity contribution in [2.24, 2.45) is 11.3 Å². The van der Waals surface area contributed by atoms with E-state index in [-0.39, 0.29) is 11.3 Å². The van der Waals surface area contributed by atoms with E-state index < -0.39 is 5.60 Å². The van der Waals surface area contributed by atoms with Gasteiger partial charge in [0.25, 0.3) is 0 Å². The van der Waals surface area contributed by atoms with Gasteiger partial charge in [-0.1, -0.05) is 43.1 Å². The van der Waals surface area contributed by atoms with Gasteiger partial charge in [0, 0.05) is 11.0 Å². The van der Waals surface area contributed by atoms with Gasteiger partial charge in [-0.05, 0) is 56.9 Å². The number of piperidine rings is 1. The van der Waals surface area contributed by atoms with Crippen molar-refractivity contribution in [3.8, 4) is 0 Å². The van der Waals surface area contributed by atoms with Crippen LogP contribution >= 0.6 is 23.2 Å². The van der Waals surface area contributed by atoms with E-state index in [1.54, 1.807) is 0 Å². The van der Waals surface area contributed by atoms with E-state index in [4.69, 9.17) is 23.2 Å².